The SMILES string of the molecule is COC(=O)C1(C)CNC1.O=C(O)C(F)(F)F. The van der Waals surface area contributed by atoms with E-state index in [1.54, 1.807) is 0 Å². The van der Waals surface area contributed by atoms with Crippen molar-refractivity contribution in [1.29, 1.82) is 0 Å². The fraction of sp³-hybridized carbons (Fsp3) is 0.750. The van der Waals surface area contributed by atoms with E-state index in [4.69, 9.17) is 9.90 Å². The third kappa shape index (κ3) is 4.05. The molecule has 2 N–H and O–H groups in total. The van der Waals surface area contributed by atoms with Gasteiger partial charge in [0.25, 0.3) is 0 Å². The molecule has 0 aromatic heterocycles. The first-order valence-electron chi connectivity index (χ1n) is 4.23. The van der Waals surface area contributed by atoms with Crippen LogP contribution in [0.3, 0.4) is 0 Å². The van der Waals surface area contributed by atoms with Crippen molar-refractivity contribution in [2.75, 3.05) is 20.2 Å². The molecule has 0 radical (unpaired) electrons. The van der Waals surface area contributed by atoms with E-state index in [2.05, 4.69) is 10.1 Å². The summed E-state index contributed by atoms with van der Waals surface area (Å²) in [6.45, 7) is 3.40. The van der Waals surface area contributed by atoms with Crippen molar-refractivity contribution in [2.45, 2.75) is 13.1 Å². The maximum Gasteiger partial charge on any atom is 0.490 e. The molecule has 0 atom stereocenters. The number of carbonyl (C=O) groups is 2. The van der Waals surface area contributed by atoms with Crippen LogP contribution < -0.4 is 5.32 Å². The lowest BCUT2D eigenvalue weighted by atomic mass is 9.84. The van der Waals surface area contributed by atoms with E-state index in [1.165, 1.54) is 7.11 Å². The van der Waals surface area contributed by atoms with Gasteiger partial charge < -0.3 is 15.2 Å². The molecule has 0 aromatic carbocycles. The number of hydrogen-bond donors (Lipinski definition) is 2. The van der Waals surface area contributed by atoms with Crippen molar-refractivity contribution < 1.29 is 32.6 Å². The second-order valence-corrected chi connectivity index (χ2v) is 3.46. The minimum absolute atomic E-state index is 0.110. The summed E-state index contributed by atoms with van der Waals surface area (Å²) in [6.07, 6.45) is -5.08. The molecule has 0 unspecified atom stereocenters. The summed E-state index contributed by atoms with van der Waals surface area (Å²) in [5.41, 5.74) is -0.241. The summed E-state index contributed by atoms with van der Waals surface area (Å²) in [5.74, 6) is -2.87. The minimum Gasteiger partial charge on any atom is -0.475 e. The molecule has 94 valence electrons. The molecule has 0 aliphatic carbocycles. The van der Waals surface area contributed by atoms with Gasteiger partial charge in [-0.1, -0.05) is 0 Å². The van der Waals surface area contributed by atoms with Crippen LogP contribution in [0.15, 0.2) is 0 Å². The molecular formula is C8H12F3NO4. The third-order valence-corrected chi connectivity index (χ3v) is 1.95. The molecule has 0 amide bonds. The lowest BCUT2D eigenvalue weighted by molar-refractivity contribution is -0.192. The summed E-state index contributed by atoms with van der Waals surface area (Å²) in [6, 6.07) is 0. The van der Waals surface area contributed by atoms with E-state index in [-0.39, 0.29) is 11.4 Å². The Balaban J connectivity index is 0.000000293. The smallest absolute Gasteiger partial charge is 0.475 e. The number of methoxy groups -OCH3 is 1. The maximum absolute atomic E-state index is 10.9. The number of halogens is 3. The Morgan fingerprint density at radius 3 is 1.81 bits per heavy atom. The first-order valence-corrected chi connectivity index (χ1v) is 4.23. The number of aliphatic carboxylic acids is 1. The van der Waals surface area contributed by atoms with Crippen LogP contribution in [0.1, 0.15) is 6.92 Å². The summed E-state index contributed by atoms with van der Waals surface area (Å²) >= 11 is 0. The zero-order valence-corrected chi connectivity index (χ0v) is 8.72. The van der Waals surface area contributed by atoms with E-state index >= 15 is 0 Å². The molecule has 0 saturated carbocycles. The summed E-state index contributed by atoms with van der Waals surface area (Å²) < 4.78 is 36.3. The number of ether oxygens (including phenoxy) is 1. The highest BCUT2D eigenvalue weighted by molar-refractivity contribution is 5.78. The largest absolute Gasteiger partial charge is 0.490 e. The molecule has 5 nitrogen and oxygen atoms in total. The second kappa shape index (κ2) is 5.15. The van der Waals surface area contributed by atoms with Gasteiger partial charge in [-0.05, 0) is 6.92 Å². The quantitative estimate of drug-likeness (QED) is 0.652. The number of nitrogens with one attached hydrogen (secondary N) is 1. The normalized spacial score (nSPS) is 17.6. The molecule has 1 rings (SSSR count). The van der Waals surface area contributed by atoms with Crippen LogP contribution in [0.5, 0.6) is 0 Å². The van der Waals surface area contributed by atoms with Crippen molar-refractivity contribution in [1.82, 2.24) is 5.32 Å². The molecule has 1 saturated heterocycles. The Kier molecular flexibility index (Phi) is 4.73. The lowest BCUT2D eigenvalue weighted by Gasteiger charge is -2.35. The van der Waals surface area contributed by atoms with Crippen LogP contribution in [0.25, 0.3) is 0 Å². The third-order valence-electron chi connectivity index (χ3n) is 1.95. The van der Waals surface area contributed by atoms with Crippen molar-refractivity contribution in [3.05, 3.63) is 0 Å². The van der Waals surface area contributed by atoms with Gasteiger partial charge in [-0.3, -0.25) is 4.79 Å². The van der Waals surface area contributed by atoms with E-state index < -0.39 is 12.1 Å². The van der Waals surface area contributed by atoms with Crippen LogP contribution in [0.4, 0.5) is 13.2 Å². The van der Waals surface area contributed by atoms with Gasteiger partial charge in [0.15, 0.2) is 0 Å². The first-order chi connectivity index (χ1) is 7.13. The van der Waals surface area contributed by atoms with E-state index in [1.807, 2.05) is 6.92 Å². The van der Waals surface area contributed by atoms with Gasteiger partial charge in [-0.25, -0.2) is 4.79 Å². The highest BCUT2D eigenvalue weighted by atomic mass is 19.4. The molecule has 1 heterocycles. The number of hydrogen-bond acceptors (Lipinski definition) is 4. The zero-order valence-electron chi connectivity index (χ0n) is 8.72. The predicted octanol–water partition coefficient (Wildman–Crippen LogP) is 0.402. The van der Waals surface area contributed by atoms with Gasteiger partial charge in [0.2, 0.25) is 0 Å². The van der Waals surface area contributed by atoms with Crippen LogP contribution in [-0.4, -0.2) is 43.4 Å². The van der Waals surface area contributed by atoms with Crippen molar-refractivity contribution in [3.8, 4) is 0 Å². The Labute approximate surface area is 89.6 Å². The summed E-state index contributed by atoms with van der Waals surface area (Å²) in [4.78, 5) is 19.7. The molecule has 0 spiro atoms. The van der Waals surface area contributed by atoms with E-state index in [0.717, 1.165) is 13.1 Å². The molecule has 8 heteroatoms. The van der Waals surface area contributed by atoms with Gasteiger partial charge in [-0.2, -0.15) is 13.2 Å². The van der Waals surface area contributed by atoms with Crippen LogP contribution in [0, 0.1) is 5.41 Å². The molecule has 1 fully saturated rings. The van der Waals surface area contributed by atoms with Crippen LogP contribution in [0.2, 0.25) is 0 Å². The van der Waals surface area contributed by atoms with Gasteiger partial charge in [0.05, 0.1) is 12.5 Å². The minimum atomic E-state index is -5.08. The van der Waals surface area contributed by atoms with E-state index in [9.17, 15) is 18.0 Å². The van der Waals surface area contributed by atoms with Gasteiger partial charge in [0.1, 0.15) is 0 Å². The first kappa shape index (κ1) is 14.7. The Bertz CT molecular complexity index is 273. The number of carboxylic acids is 1. The monoisotopic (exact) mass is 243 g/mol. The highest BCUT2D eigenvalue weighted by Gasteiger charge is 2.40. The Hall–Kier alpha value is -1.31. The van der Waals surface area contributed by atoms with Crippen LogP contribution in [-0.2, 0) is 14.3 Å². The summed E-state index contributed by atoms with van der Waals surface area (Å²) in [5, 5.41) is 10.1. The van der Waals surface area contributed by atoms with Crippen LogP contribution >= 0.6 is 0 Å². The zero-order chi connectivity index (χ0) is 13.0. The molecular weight excluding hydrogens is 231 g/mol. The van der Waals surface area contributed by atoms with Crippen molar-refractivity contribution >= 4 is 11.9 Å². The van der Waals surface area contributed by atoms with Gasteiger partial charge in [0, 0.05) is 13.1 Å². The summed E-state index contributed by atoms with van der Waals surface area (Å²) in [7, 11) is 1.42. The lowest BCUT2D eigenvalue weighted by Crippen LogP contribution is -2.56. The number of carboxylic acid groups (broad SMARTS) is 1. The molecule has 1 aliphatic rings. The number of alkyl halides is 3. The fourth-order valence-corrected chi connectivity index (χ4v) is 0.891. The highest BCUT2D eigenvalue weighted by Crippen LogP contribution is 2.22. The maximum atomic E-state index is 10.9. The van der Waals surface area contributed by atoms with E-state index in [0.29, 0.717) is 0 Å². The topological polar surface area (TPSA) is 75.6 Å². The standard InChI is InChI=1S/C6H11NO2.C2HF3O2/c1-6(3-7-4-6)5(8)9-2;3-2(4,5)1(6)7/h7H,3-4H2,1-2H3;(H,6,7). The number of esters is 1. The molecule has 1 aliphatic heterocycles. The van der Waals surface area contributed by atoms with Crippen molar-refractivity contribution in [2.24, 2.45) is 5.41 Å². The Morgan fingerprint density at radius 2 is 1.75 bits per heavy atom. The average molecular weight is 243 g/mol. The fourth-order valence-electron chi connectivity index (χ4n) is 0.891. The second-order valence-electron chi connectivity index (χ2n) is 3.46. The molecule has 16 heavy (non-hydrogen) atoms. The molecule has 0 aromatic rings. The number of rotatable bonds is 1. The predicted molar refractivity (Wildman–Crippen MR) is 46.7 cm³/mol. The average Bonchev–Trinajstić information content (AvgIpc) is 2.12. The van der Waals surface area contributed by atoms with Gasteiger partial charge >= 0.3 is 18.1 Å². The molecule has 0 bridgehead atoms. The Morgan fingerprint density at radius 1 is 1.38 bits per heavy atom. The van der Waals surface area contributed by atoms with Crippen molar-refractivity contribution in [3.63, 3.8) is 0 Å². The number of carbonyl (C=O) groups excluding carboxylic acids is 1. The van der Waals surface area contributed by atoms with Gasteiger partial charge in [-0.15, -0.1) is 0 Å².